The van der Waals surface area contributed by atoms with Gasteiger partial charge in [0.25, 0.3) is 0 Å². The number of aromatic nitrogens is 2. The molecule has 0 amide bonds. The Labute approximate surface area is 289 Å². The molecule has 2 aromatic heterocycles. The molecule has 0 spiro atoms. The summed E-state index contributed by atoms with van der Waals surface area (Å²) in [6.07, 6.45) is 0. The topological polar surface area (TPSA) is 35.0 Å². The van der Waals surface area contributed by atoms with Gasteiger partial charge >= 0.3 is 0 Å². The van der Waals surface area contributed by atoms with E-state index in [-0.39, 0.29) is 0 Å². The monoisotopic (exact) mass is 658 g/mol. The molecule has 0 atom stereocenters. The summed E-state index contributed by atoms with van der Waals surface area (Å²) in [5.74, 6) is 1.35. The molecule has 8 aromatic rings. The number of benzene rings is 6. The first-order chi connectivity index (χ1) is 23.5. The summed E-state index contributed by atoms with van der Waals surface area (Å²) in [6.45, 7) is 2.08. The maximum absolute atomic E-state index is 6.85. The van der Waals surface area contributed by atoms with Crippen molar-refractivity contribution in [3.63, 3.8) is 0 Å². The molecule has 0 radical (unpaired) electrons. The van der Waals surface area contributed by atoms with Crippen LogP contribution in [0.2, 0.25) is 10.0 Å². The average Bonchev–Trinajstić information content (AvgIpc) is 3.12. The van der Waals surface area contributed by atoms with Crippen molar-refractivity contribution in [2.75, 3.05) is 0 Å². The van der Waals surface area contributed by atoms with Crippen molar-refractivity contribution in [1.29, 1.82) is 0 Å². The molecule has 0 saturated carbocycles. The Bertz CT molecular complexity index is 2430. The van der Waals surface area contributed by atoms with Gasteiger partial charge in [-0.05, 0) is 90.3 Å². The summed E-state index contributed by atoms with van der Waals surface area (Å²) in [5, 5.41) is 3.25. The molecule has 48 heavy (non-hydrogen) atoms. The number of pyridine rings is 2. The van der Waals surface area contributed by atoms with Gasteiger partial charge in [0.05, 0.1) is 16.7 Å². The van der Waals surface area contributed by atoms with Gasteiger partial charge in [-0.3, -0.25) is 0 Å². The minimum atomic E-state index is 0.639. The van der Waals surface area contributed by atoms with Crippen LogP contribution >= 0.6 is 23.2 Å². The smallest absolute Gasteiger partial charge is 0.162 e. The van der Waals surface area contributed by atoms with Crippen molar-refractivity contribution in [2.45, 2.75) is 6.92 Å². The quantitative estimate of drug-likeness (QED) is 0.178. The standard InChI is InChI=1S/C43H28Cl2N2O/c1-27-12-14-31(15-13-27)42-43(41(30-10-6-3-7-11-30)37-25-33(45)19-23-39(37)47-42)48-34-20-16-29(17-21-34)40-26-35(28-8-4-2-5-9-28)36-24-32(44)18-22-38(36)46-40/h2-26H,1H3. The fraction of sp³-hybridized carbons (Fsp3) is 0.0233. The predicted molar refractivity (Wildman–Crippen MR) is 200 cm³/mol. The molecule has 0 saturated heterocycles. The third-order valence-corrected chi connectivity index (χ3v) is 8.99. The highest BCUT2D eigenvalue weighted by Gasteiger charge is 2.21. The van der Waals surface area contributed by atoms with Gasteiger partial charge in [0, 0.05) is 37.5 Å². The van der Waals surface area contributed by atoms with E-state index in [2.05, 4.69) is 61.5 Å². The summed E-state index contributed by atoms with van der Waals surface area (Å²) in [7, 11) is 0. The number of nitrogens with zero attached hydrogens (tertiary/aromatic N) is 2. The normalized spacial score (nSPS) is 11.2. The highest BCUT2D eigenvalue weighted by molar-refractivity contribution is 6.32. The van der Waals surface area contributed by atoms with Crippen molar-refractivity contribution in [1.82, 2.24) is 9.97 Å². The average molecular weight is 660 g/mol. The lowest BCUT2D eigenvalue weighted by atomic mass is 9.96. The third kappa shape index (κ3) is 5.79. The zero-order chi connectivity index (χ0) is 32.6. The first kappa shape index (κ1) is 29.9. The van der Waals surface area contributed by atoms with Crippen LogP contribution < -0.4 is 4.74 Å². The fourth-order valence-electron chi connectivity index (χ4n) is 6.13. The zero-order valence-corrected chi connectivity index (χ0v) is 27.5. The lowest BCUT2D eigenvalue weighted by molar-refractivity contribution is 0.485. The van der Waals surface area contributed by atoms with E-state index in [0.717, 1.165) is 66.6 Å². The molecule has 230 valence electrons. The number of rotatable bonds is 6. The number of halogens is 2. The van der Waals surface area contributed by atoms with E-state index in [1.165, 1.54) is 5.56 Å². The van der Waals surface area contributed by atoms with Crippen LogP contribution in [0.5, 0.6) is 11.5 Å². The molecule has 3 nitrogen and oxygen atoms in total. The van der Waals surface area contributed by atoms with Crippen molar-refractivity contribution in [3.05, 3.63) is 167 Å². The van der Waals surface area contributed by atoms with Crippen LogP contribution in [-0.4, -0.2) is 9.97 Å². The van der Waals surface area contributed by atoms with Crippen LogP contribution in [0.3, 0.4) is 0 Å². The van der Waals surface area contributed by atoms with Crippen LogP contribution in [-0.2, 0) is 0 Å². The first-order valence-corrected chi connectivity index (χ1v) is 16.5. The van der Waals surface area contributed by atoms with E-state index in [1.54, 1.807) is 0 Å². The van der Waals surface area contributed by atoms with Gasteiger partial charge in [-0.1, -0.05) is 114 Å². The molecule has 0 aliphatic heterocycles. The molecule has 0 fully saturated rings. The van der Waals surface area contributed by atoms with E-state index < -0.39 is 0 Å². The Morgan fingerprint density at radius 1 is 0.500 bits per heavy atom. The van der Waals surface area contributed by atoms with Crippen molar-refractivity contribution < 1.29 is 4.74 Å². The minimum absolute atomic E-state index is 0.639. The molecule has 0 aliphatic carbocycles. The molecule has 6 aromatic carbocycles. The molecule has 2 heterocycles. The second-order valence-electron chi connectivity index (χ2n) is 11.8. The summed E-state index contributed by atoms with van der Waals surface area (Å²) in [4.78, 5) is 10.2. The molecule has 5 heteroatoms. The van der Waals surface area contributed by atoms with Crippen molar-refractivity contribution >= 4 is 45.0 Å². The van der Waals surface area contributed by atoms with Gasteiger partial charge in [0.2, 0.25) is 0 Å². The van der Waals surface area contributed by atoms with Crippen LogP contribution in [0.4, 0.5) is 0 Å². The van der Waals surface area contributed by atoms with Crippen LogP contribution in [0.1, 0.15) is 5.56 Å². The van der Waals surface area contributed by atoms with E-state index in [4.69, 9.17) is 37.9 Å². The maximum Gasteiger partial charge on any atom is 0.162 e. The lowest BCUT2D eigenvalue weighted by Crippen LogP contribution is -1.98. The summed E-state index contributed by atoms with van der Waals surface area (Å²) in [6, 6.07) is 50.8. The van der Waals surface area contributed by atoms with Gasteiger partial charge in [-0.15, -0.1) is 0 Å². The highest BCUT2D eigenvalue weighted by atomic mass is 35.5. The lowest BCUT2D eigenvalue weighted by Gasteiger charge is -2.19. The van der Waals surface area contributed by atoms with E-state index in [0.29, 0.717) is 21.5 Å². The maximum atomic E-state index is 6.85. The summed E-state index contributed by atoms with van der Waals surface area (Å²) in [5.41, 5.74) is 10.6. The molecular formula is C43H28Cl2N2O. The van der Waals surface area contributed by atoms with E-state index in [9.17, 15) is 0 Å². The molecule has 0 bridgehead atoms. The van der Waals surface area contributed by atoms with Crippen molar-refractivity contribution in [2.24, 2.45) is 0 Å². The molecule has 0 N–H and O–H groups in total. The van der Waals surface area contributed by atoms with Gasteiger partial charge in [0.15, 0.2) is 5.75 Å². The zero-order valence-electron chi connectivity index (χ0n) is 26.0. The second-order valence-corrected chi connectivity index (χ2v) is 12.6. The molecule has 8 rings (SSSR count). The second kappa shape index (κ2) is 12.6. The van der Waals surface area contributed by atoms with Crippen LogP contribution in [0.25, 0.3) is 66.6 Å². The van der Waals surface area contributed by atoms with Crippen LogP contribution in [0, 0.1) is 6.92 Å². The minimum Gasteiger partial charge on any atom is -0.454 e. The van der Waals surface area contributed by atoms with Gasteiger partial charge in [-0.2, -0.15) is 0 Å². The van der Waals surface area contributed by atoms with Gasteiger partial charge in [-0.25, -0.2) is 9.97 Å². The fourth-order valence-corrected chi connectivity index (χ4v) is 6.47. The number of ether oxygens (including phenoxy) is 1. The Balaban J connectivity index is 1.26. The first-order valence-electron chi connectivity index (χ1n) is 15.7. The largest absolute Gasteiger partial charge is 0.454 e. The third-order valence-electron chi connectivity index (χ3n) is 8.52. The van der Waals surface area contributed by atoms with E-state index >= 15 is 0 Å². The van der Waals surface area contributed by atoms with Gasteiger partial charge in [0.1, 0.15) is 11.4 Å². The van der Waals surface area contributed by atoms with Crippen LogP contribution in [0.15, 0.2) is 152 Å². The Kier molecular flexibility index (Phi) is 7.85. The number of aryl methyl sites for hydroxylation is 1. The van der Waals surface area contributed by atoms with E-state index in [1.807, 2.05) is 97.1 Å². The molecular weight excluding hydrogens is 631 g/mol. The van der Waals surface area contributed by atoms with Gasteiger partial charge < -0.3 is 4.74 Å². The van der Waals surface area contributed by atoms with Crippen molar-refractivity contribution in [3.8, 4) is 56.3 Å². The highest BCUT2D eigenvalue weighted by Crippen LogP contribution is 2.45. The molecule has 0 aliphatic rings. The SMILES string of the molecule is Cc1ccc(-c2nc3ccc(Cl)cc3c(-c3ccccc3)c2Oc2ccc(-c3cc(-c4ccccc4)c4cc(Cl)ccc4n3)cc2)cc1. The summed E-state index contributed by atoms with van der Waals surface area (Å²) >= 11 is 13.0. The molecule has 0 unspecified atom stereocenters. The number of fused-ring (bicyclic) bond motifs is 2. The number of hydrogen-bond donors (Lipinski definition) is 0. The Hall–Kier alpha value is -5.48. The Morgan fingerprint density at radius 2 is 1.08 bits per heavy atom. The Morgan fingerprint density at radius 3 is 1.75 bits per heavy atom. The summed E-state index contributed by atoms with van der Waals surface area (Å²) < 4.78 is 6.85. The predicted octanol–water partition coefficient (Wildman–Crippen LogP) is 12.9. The number of hydrogen-bond acceptors (Lipinski definition) is 3.